The number of rotatable bonds is 5. The molecule has 4 heteroatoms. The van der Waals surface area contributed by atoms with Crippen molar-refractivity contribution in [3.63, 3.8) is 0 Å². The maximum Gasteiger partial charge on any atom is 0.330 e. The first-order valence-electron chi connectivity index (χ1n) is 5.89. The van der Waals surface area contributed by atoms with E-state index in [2.05, 4.69) is 5.32 Å². The Morgan fingerprint density at radius 2 is 1.74 bits per heavy atom. The molecule has 19 heavy (non-hydrogen) atoms. The van der Waals surface area contributed by atoms with Crippen LogP contribution in [0.3, 0.4) is 0 Å². The summed E-state index contributed by atoms with van der Waals surface area (Å²) in [6, 6.07) is 15.4. The van der Waals surface area contributed by atoms with E-state index in [0.29, 0.717) is 5.56 Å². The van der Waals surface area contributed by atoms with Gasteiger partial charge in [0.15, 0.2) is 6.04 Å². The third-order valence-electron chi connectivity index (χ3n) is 2.78. The van der Waals surface area contributed by atoms with Gasteiger partial charge in [0.05, 0.1) is 7.11 Å². The predicted octanol–water partition coefficient (Wildman–Crippen LogP) is 2.93. The zero-order chi connectivity index (χ0) is 13.7. The highest BCUT2D eigenvalue weighted by molar-refractivity contribution is 5.79. The van der Waals surface area contributed by atoms with Crippen LogP contribution in [0.25, 0.3) is 0 Å². The highest BCUT2D eigenvalue weighted by atomic mass is 16.5. The van der Waals surface area contributed by atoms with Crippen LogP contribution in [-0.2, 0) is 4.79 Å². The maximum absolute atomic E-state index is 11.3. The molecule has 0 fully saturated rings. The second kappa shape index (κ2) is 5.91. The molecule has 0 bridgehead atoms. The normalized spacial score (nSPS) is 11.6. The summed E-state index contributed by atoms with van der Waals surface area (Å²) < 4.78 is 5.06. The Morgan fingerprint density at radius 1 is 1.11 bits per heavy atom. The largest absolute Gasteiger partial charge is 0.497 e. The predicted molar refractivity (Wildman–Crippen MR) is 73.4 cm³/mol. The summed E-state index contributed by atoms with van der Waals surface area (Å²) >= 11 is 0. The second-order valence-electron chi connectivity index (χ2n) is 4.05. The fourth-order valence-electron chi connectivity index (χ4n) is 1.79. The number of carboxylic acids is 1. The van der Waals surface area contributed by atoms with Crippen molar-refractivity contribution in [2.24, 2.45) is 0 Å². The van der Waals surface area contributed by atoms with Crippen molar-refractivity contribution in [3.05, 3.63) is 60.2 Å². The quantitative estimate of drug-likeness (QED) is 0.864. The molecular formula is C15H15NO3. The molecule has 0 radical (unpaired) electrons. The number of benzene rings is 2. The Kier molecular flexibility index (Phi) is 4.03. The average Bonchev–Trinajstić information content (AvgIpc) is 2.46. The molecule has 0 saturated heterocycles. The van der Waals surface area contributed by atoms with Gasteiger partial charge in [-0.1, -0.05) is 30.3 Å². The lowest BCUT2D eigenvalue weighted by Crippen LogP contribution is -2.20. The molecule has 0 unspecified atom stereocenters. The van der Waals surface area contributed by atoms with E-state index in [1.165, 1.54) is 0 Å². The number of methoxy groups -OCH3 is 1. The van der Waals surface area contributed by atoms with Crippen molar-refractivity contribution < 1.29 is 14.6 Å². The average molecular weight is 257 g/mol. The molecule has 0 aliphatic carbocycles. The van der Waals surface area contributed by atoms with Crippen LogP contribution >= 0.6 is 0 Å². The van der Waals surface area contributed by atoms with Gasteiger partial charge in [0.2, 0.25) is 0 Å². The van der Waals surface area contributed by atoms with E-state index in [9.17, 15) is 9.90 Å². The van der Waals surface area contributed by atoms with E-state index in [0.717, 1.165) is 11.4 Å². The molecule has 0 amide bonds. The smallest absolute Gasteiger partial charge is 0.330 e. The molecule has 2 aromatic rings. The summed E-state index contributed by atoms with van der Waals surface area (Å²) in [5.41, 5.74) is 1.45. The van der Waals surface area contributed by atoms with Crippen LogP contribution in [0.5, 0.6) is 5.75 Å². The van der Waals surface area contributed by atoms with Crippen LogP contribution < -0.4 is 10.1 Å². The second-order valence-corrected chi connectivity index (χ2v) is 4.05. The van der Waals surface area contributed by atoms with Gasteiger partial charge in [-0.2, -0.15) is 0 Å². The van der Waals surface area contributed by atoms with Crippen LogP contribution in [0, 0.1) is 0 Å². The number of hydrogen-bond donors (Lipinski definition) is 2. The molecule has 2 N–H and O–H groups in total. The lowest BCUT2D eigenvalue weighted by Gasteiger charge is -2.16. The van der Waals surface area contributed by atoms with Crippen molar-refractivity contribution in [1.82, 2.24) is 0 Å². The number of aliphatic carboxylic acids is 1. The van der Waals surface area contributed by atoms with E-state index in [1.54, 1.807) is 43.5 Å². The summed E-state index contributed by atoms with van der Waals surface area (Å²) in [7, 11) is 1.59. The van der Waals surface area contributed by atoms with Gasteiger partial charge in [-0.05, 0) is 29.8 Å². The van der Waals surface area contributed by atoms with Crippen LogP contribution in [0.15, 0.2) is 54.6 Å². The fraction of sp³-hybridized carbons (Fsp3) is 0.133. The summed E-state index contributed by atoms with van der Waals surface area (Å²) in [5.74, 6) is -0.181. The van der Waals surface area contributed by atoms with Gasteiger partial charge in [0.1, 0.15) is 5.75 Å². The van der Waals surface area contributed by atoms with E-state index in [1.807, 2.05) is 18.2 Å². The Bertz CT molecular complexity index is 537. The summed E-state index contributed by atoms with van der Waals surface area (Å²) in [6.07, 6.45) is 0. The SMILES string of the molecule is COc1ccc(N[C@@H](C(=O)O)c2ccccc2)cc1. The van der Waals surface area contributed by atoms with Gasteiger partial charge >= 0.3 is 5.97 Å². The van der Waals surface area contributed by atoms with Crippen LogP contribution in [0.1, 0.15) is 11.6 Å². The maximum atomic E-state index is 11.3. The lowest BCUT2D eigenvalue weighted by molar-refractivity contribution is -0.138. The van der Waals surface area contributed by atoms with E-state index in [4.69, 9.17) is 4.74 Å². The van der Waals surface area contributed by atoms with Crippen LogP contribution in [0.2, 0.25) is 0 Å². The highest BCUT2D eigenvalue weighted by Gasteiger charge is 2.18. The molecule has 0 aromatic heterocycles. The minimum absolute atomic E-state index is 0.714. The van der Waals surface area contributed by atoms with Gasteiger partial charge < -0.3 is 15.2 Å². The zero-order valence-electron chi connectivity index (χ0n) is 10.5. The standard InChI is InChI=1S/C15H15NO3/c1-19-13-9-7-12(8-10-13)16-14(15(17)18)11-5-3-2-4-6-11/h2-10,14,16H,1H3,(H,17,18)/t14-/m1/s1. The molecule has 4 nitrogen and oxygen atoms in total. The lowest BCUT2D eigenvalue weighted by atomic mass is 10.1. The minimum atomic E-state index is -0.915. The number of ether oxygens (including phenoxy) is 1. The summed E-state index contributed by atoms with van der Waals surface area (Å²) in [4.78, 5) is 11.3. The molecule has 0 heterocycles. The van der Waals surface area contributed by atoms with Gasteiger partial charge in [-0.3, -0.25) is 0 Å². The first-order chi connectivity index (χ1) is 9.20. The molecule has 2 rings (SSSR count). The van der Waals surface area contributed by atoms with Crippen molar-refractivity contribution in [1.29, 1.82) is 0 Å². The first kappa shape index (κ1) is 13.0. The summed E-state index contributed by atoms with van der Waals surface area (Å²) in [5, 5.41) is 12.3. The molecular weight excluding hydrogens is 242 g/mol. The minimum Gasteiger partial charge on any atom is -0.497 e. The van der Waals surface area contributed by atoms with E-state index >= 15 is 0 Å². The Hall–Kier alpha value is -2.49. The van der Waals surface area contributed by atoms with Gasteiger partial charge in [-0.15, -0.1) is 0 Å². The van der Waals surface area contributed by atoms with Crippen LogP contribution in [0.4, 0.5) is 5.69 Å². The monoisotopic (exact) mass is 257 g/mol. The molecule has 1 atom stereocenters. The number of carbonyl (C=O) groups is 1. The van der Waals surface area contributed by atoms with E-state index in [-0.39, 0.29) is 0 Å². The molecule has 0 aliphatic rings. The zero-order valence-corrected chi connectivity index (χ0v) is 10.5. The third kappa shape index (κ3) is 3.25. The van der Waals surface area contributed by atoms with Gasteiger partial charge in [0.25, 0.3) is 0 Å². The molecule has 0 saturated carbocycles. The fourth-order valence-corrected chi connectivity index (χ4v) is 1.79. The van der Waals surface area contributed by atoms with Gasteiger partial charge in [0, 0.05) is 5.69 Å². The number of nitrogens with one attached hydrogen (secondary N) is 1. The Morgan fingerprint density at radius 3 is 2.26 bits per heavy atom. The Balaban J connectivity index is 2.19. The highest BCUT2D eigenvalue weighted by Crippen LogP contribution is 2.21. The van der Waals surface area contributed by atoms with Crippen molar-refractivity contribution in [2.75, 3.05) is 12.4 Å². The van der Waals surface area contributed by atoms with Crippen molar-refractivity contribution >= 4 is 11.7 Å². The molecule has 2 aromatic carbocycles. The van der Waals surface area contributed by atoms with Crippen molar-refractivity contribution in [2.45, 2.75) is 6.04 Å². The molecule has 0 aliphatic heterocycles. The first-order valence-corrected chi connectivity index (χ1v) is 5.89. The van der Waals surface area contributed by atoms with Gasteiger partial charge in [-0.25, -0.2) is 4.79 Å². The topological polar surface area (TPSA) is 58.6 Å². The van der Waals surface area contributed by atoms with E-state index < -0.39 is 12.0 Å². The molecule has 0 spiro atoms. The number of hydrogen-bond acceptors (Lipinski definition) is 3. The Labute approximate surface area is 111 Å². The summed E-state index contributed by atoms with van der Waals surface area (Å²) in [6.45, 7) is 0. The van der Waals surface area contributed by atoms with Crippen LogP contribution in [-0.4, -0.2) is 18.2 Å². The molecule has 98 valence electrons. The van der Waals surface area contributed by atoms with Crippen molar-refractivity contribution in [3.8, 4) is 5.75 Å². The number of anilines is 1. The third-order valence-corrected chi connectivity index (χ3v) is 2.78. The number of carboxylic acid groups (broad SMARTS) is 1.